The van der Waals surface area contributed by atoms with E-state index in [1.165, 1.54) is 0 Å². The van der Waals surface area contributed by atoms with Gasteiger partial charge in [0.15, 0.2) is 5.76 Å². The van der Waals surface area contributed by atoms with Crippen LogP contribution in [0.1, 0.15) is 5.76 Å². The Balaban J connectivity index is 1.52. The maximum absolute atomic E-state index is 6.12. The first-order chi connectivity index (χ1) is 14.0. The van der Waals surface area contributed by atoms with Crippen molar-refractivity contribution in [3.8, 4) is 34.5 Å². The third-order valence-corrected chi connectivity index (χ3v) is 5.02. The lowest BCUT2D eigenvalue weighted by atomic mass is 10.2. The third kappa shape index (κ3) is 4.19. The number of hydrogen-bond donors (Lipinski definition) is 0. The van der Waals surface area contributed by atoms with E-state index in [1.807, 2.05) is 0 Å². The highest BCUT2D eigenvalue weighted by Gasteiger charge is 2.18. The molecule has 0 unspecified atom stereocenters. The first-order valence-electron chi connectivity index (χ1n) is 8.38. The molecule has 0 saturated heterocycles. The Morgan fingerprint density at radius 3 is 2.69 bits per heavy atom. The minimum atomic E-state index is 0.156. The first-order valence-corrected chi connectivity index (χ1v) is 9.52. The highest BCUT2D eigenvalue weighted by Crippen LogP contribution is 2.34. The van der Waals surface area contributed by atoms with Crippen LogP contribution in [0.2, 0.25) is 15.1 Å². The molecule has 0 fully saturated rings. The van der Waals surface area contributed by atoms with Gasteiger partial charge in [-0.05, 0) is 42.5 Å². The van der Waals surface area contributed by atoms with Crippen molar-refractivity contribution in [1.82, 2.24) is 10.1 Å². The van der Waals surface area contributed by atoms with Gasteiger partial charge in [-0.15, -0.1) is 0 Å². The van der Waals surface area contributed by atoms with Gasteiger partial charge in [0.05, 0.1) is 17.7 Å². The Morgan fingerprint density at radius 2 is 1.86 bits per heavy atom. The zero-order valence-corrected chi connectivity index (χ0v) is 17.3. The molecule has 0 aliphatic carbocycles. The second kappa shape index (κ2) is 8.37. The Kier molecular flexibility index (Phi) is 5.67. The lowest BCUT2D eigenvalue weighted by Gasteiger charge is -2.06. The molecule has 9 heteroatoms. The monoisotopic (exact) mass is 450 g/mol. The van der Waals surface area contributed by atoms with Crippen LogP contribution in [0.25, 0.3) is 23.0 Å². The number of furan rings is 1. The summed E-state index contributed by atoms with van der Waals surface area (Å²) in [6.07, 6.45) is 0. The van der Waals surface area contributed by atoms with Crippen molar-refractivity contribution in [1.29, 1.82) is 0 Å². The van der Waals surface area contributed by atoms with Crippen molar-refractivity contribution in [2.75, 3.05) is 7.11 Å². The highest BCUT2D eigenvalue weighted by atomic mass is 35.5. The van der Waals surface area contributed by atoms with Crippen LogP contribution in [0.3, 0.4) is 0 Å². The minimum Gasteiger partial charge on any atom is -0.496 e. The van der Waals surface area contributed by atoms with Crippen LogP contribution in [-0.2, 0) is 6.61 Å². The normalized spacial score (nSPS) is 10.9. The molecular formula is C20H13Cl3N2O4. The number of nitrogens with zero attached hydrogens (tertiary/aromatic N) is 2. The van der Waals surface area contributed by atoms with Gasteiger partial charge in [0, 0.05) is 5.02 Å². The molecule has 29 heavy (non-hydrogen) atoms. The summed E-state index contributed by atoms with van der Waals surface area (Å²) in [7, 11) is 1.55. The van der Waals surface area contributed by atoms with Crippen molar-refractivity contribution in [3.63, 3.8) is 0 Å². The van der Waals surface area contributed by atoms with Crippen LogP contribution in [0.4, 0.5) is 0 Å². The van der Waals surface area contributed by atoms with Crippen LogP contribution in [0.15, 0.2) is 57.5 Å². The Morgan fingerprint density at radius 1 is 1.00 bits per heavy atom. The molecule has 4 rings (SSSR count). The number of benzene rings is 2. The quantitative estimate of drug-likeness (QED) is 0.331. The van der Waals surface area contributed by atoms with E-state index in [2.05, 4.69) is 10.1 Å². The number of rotatable bonds is 6. The van der Waals surface area contributed by atoms with E-state index in [1.54, 1.807) is 55.6 Å². The largest absolute Gasteiger partial charge is 0.496 e. The Bertz CT molecular complexity index is 1160. The van der Waals surface area contributed by atoms with Gasteiger partial charge in [-0.1, -0.05) is 46.0 Å². The number of halogens is 3. The van der Waals surface area contributed by atoms with E-state index in [-0.39, 0.29) is 12.5 Å². The molecule has 2 aromatic heterocycles. The Hall–Kier alpha value is -2.67. The predicted molar refractivity (Wildman–Crippen MR) is 110 cm³/mol. The van der Waals surface area contributed by atoms with E-state index >= 15 is 0 Å². The van der Waals surface area contributed by atoms with E-state index < -0.39 is 0 Å². The van der Waals surface area contributed by atoms with Crippen molar-refractivity contribution in [2.45, 2.75) is 6.61 Å². The van der Waals surface area contributed by atoms with Crippen LogP contribution >= 0.6 is 34.8 Å². The standard InChI is InChI=1S/C20H13Cl3N2O4/c1-26-15-7-5-11(21)9-13(15)19-24-20(29-25-19)17-8-6-12(28-17)10-27-16-4-2-3-14(22)18(16)23/h2-9H,10H2,1H3. The molecule has 0 N–H and O–H groups in total. The molecule has 0 spiro atoms. The molecule has 6 nitrogen and oxygen atoms in total. The minimum absolute atomic E-state index is 0.156. The molecule has 2 heterocycles. The van der Waals surface area contributed by atoms with Crippen molar-refractivity contribution >= 4 is 34.8 Å². The SMILES string of the molecule is COc1ccc(Cl)cc1-c1noc(-c2ccc(COc3cccc(Cl)c3Cl)o2)n1. The average molecular weight is 452 g/mol. The lowest BCUT2D eigenvalue weighted by Crippen LogP contribution is -1.94. The molecule has 0 aliphatic rings. The first kappa shape index (κ1) is 19.6. The van der Waals surface area contributed by atoms with E-state index in [9.17, 15) is 0 Å². The van der Waals surface area contributed by atoms with E-state index in [0.29, 0.717) is 49.5 Å². The molecule has 4 aromatic rings. The van der Waals surface area contributed by atoms with Crippen LogP contribution < -0.4 is 9.47 Å². The van der Waals surface area contributed by atoms with Crippen molar-refractivity contribution < 1.29 is 18.4 Å². The summed E-state index contributed by atoms with van der Waals surface area (Å²) in [5, 5.41) is 5.28. The predicted octanol–water partition coefficient (Wildman–Crippen LogP) is 6.54. The summed E-state index contributed by atoms with van der Waals surface area (Å²) in [5.74, 6) is 2.55. The van der Waals surface area contributed by atoms with Crippen LogP contribution in [-0.4, -0.2) is 17.3 Å². The maximum atomic E-state index is 6.12. The summed E-state index contributed by atoms with van der Waals surface area (Å²) in [6.45, 7) is 0.156. The lowest BCUT2D eigenvalue weighted by molar-refractivity contribution is 0.270. The van der Waals surface area contributed by atoms with Gasteiger partial charge >= 0.3 is 0 Å². The van der Waals surface area contributed by atoms with Gasteiger partial charge in [0.1, 0.15) is 28.9 Å². The number of methoxy groups -OCH3 is 1. The number of aromatic nitrogens is 2. The zero-order chi connectivity index (χ0) is 20.4. The fourth-order valence-corrected chi connectivity index (χ4v) is 3.12. The Labute approximate surface area is 180 Å². The summed E-state index contributed by atoms with van der Waals surface area (Å²) < 4.78 is 22.0. The molecule has 2 aromatic carbocycles. The summed E-state index contributed by atoms with van der Waals surface area (Å²) in [5.41, 5.74) is 0.612. The van der Waals surface area contributed by atoms with Gasteiger partial charge in [-0.3, -0.25) is 0 Å². The molecule has 148 valence electrons. The van der Waals surface area contributed by atoms with Crippen molar-refractivity contribution in [2.24, 2.45) is 0 Å². The molecule has 0 amide bonds. The van der Waals surface area contributed by atoms with E-state index in [0.717, 1.165) is 0 Å². The second-order valence-corrected chi connectivity index (χ2v) is 7.10. The maximum Gasteiger partial charge on any atom is 0.293 e. The van der Waals surface area contributed by atoms with Crippen LogP contribution in [0.5, 0.6) is 11.5 Å². The van der Waals surface area contributed by atoms with Gasteiger partial charge in [0.25, 0.3) is 5.89 Å². The molecule has 0 radical (unpaired) electrons. The third-order valence-electron chi connectivity index (χ3n) is 3.99. The van der Waals surface area contributed by atoms with Gasteiger partial charge in [0.2, 0.25) is 5.82 Å². The van der Waals surface area contributed by atoms with Crippen LogP contribution in [0, 0.1) is 0 Å². The molecule has 0 saturated carbocycles. The smallest absolute Gasteiger partial charge is 0.293 e. The average Bonchev–Trinajstić information content (AvgIpc) is 3.38. The summed E-state index contributed by atoms with van der Waals surface area (Å²) in [6, 6.07) is 13.8. The van der Waals surface area contributed by atoms with Gasteiger partial charge in [-0.25, -0.2) is 0 Å². The molecular weight excluding hydrogens is 439 g/mol. The number of hydrogen-bond acceptors (Lipinski definition) is 6. The number of ether oxygens (including phenoxy) is 2. The highest BCUT2D eigenvalue weighted by molar-refractivity contribution is 6.42. The summed E-state index contributed by atoms with van der Waals surface area (Å²) >= 11 is 18.2. The fraction of sp³-hybridized carbons (Fsp3) is 0.100. The molecule has 0 atom stereocenters. The topological polar surface area (TPSA) is 70.5 Å². The second-order valence-electron chi connectivity index (χ2n) is 5.87. The van der Waals surface area contributed by atoms with E-state index in [4.69, 9.17) is 53.2 Å². The molecule has 0 bridgehead atoms. The fourth-order valence-electron chi connectivity index (χ4n) is 2.60. The van der Waals surface area contributed by atoms with Crippen molar-refractivity contribution in [3.05, 3.63) is 69.4 Å². The zero-order valence-electron chi connectivity index (χ0n) is 15.0. The van der Waals surface area contributed by atoms with Gasteiger partial charge in [-0.2, -0.15) is 4.98 Å². The van der Waals surface area contributed by atoms with Gasteiger partial charge < -0.3 is 18.4 Å². The molecule has 0 aliphatic heterocycles. The summed E-state index contributed by atoms with van der Waals surface area (Å²) in [4.78, 5) is 4.37.